The zero-order chi connectivity index (χ0) is 18.1. The molecule has 4 rings (SSSR count). The summed E-state index contributed by atoms with van der Waals surface area (Å²) in [6, 6.07) is 5.05. The van der Waals surface area contributed by atoms with E-state index in [1.165, 1.54) is 4.68 Å². The van der Waals surface area contributed by atoms with Crippen LogP contribution in [0.4, 0.5) is 0 Å². The van der Waals surface area contributed by atoms with Gasteiger partial charge in [0.15, 0.2) is 0 Å². The van der Waals surface area contributed by atoms with Crippen molar-refractivity contribution in [1.29, 1.82) is 0 Å². The minimum Gasteiger partial charge on any atom is -0.330 e. The molecule has 3 aromatic rings. The number of pyridine rings is 1. The number of nitrogens with one attached hydrogen (secondary N) is 1. The number of amides is 1. The molecule has 1 aliphatic heterocycles. The number of carbonyl (C=O) groups is 1. The minimum atomic E-state index is -0.113. The summed E-state index contributed by atoms with van der Waals surface area (Å²) in [5, 5.41) is 3.06. The van der Waals surface area contributed by atoms with Crippen LogP contribution in [0.15, 0.2) is 47.9 Å². The van der Waals surface area contributed by atoms with Crippen LogP contribution in [0.5, 0.6) is 0 Å². The van der Waals surface area contributed by atoms with Crippen LogP contribution in [0.25, 0.3) is 5.82 Å². The lowest BCUT2D eigenvalue weighted by Gasteiger charge is -2.35. The molecule has 0 radical (unpaired) electrons. The van der Waals surface area contributed by atoms with E-state index in [0.29, 0.717) is 17.9 Å². The number of hydrogen-bond acceptors (Lipinski definition) is 4. The third-order valence-corrected chi connectivity index (χ3v) is 4.79. The highest BCUT2D eigenvalue weighted by Crippen LogP contribution is 2.30. The topological polar surface area (TPSA) is 88.8 Å². The Kier molecular flexibility index (Phi) is 4.16. The first-order valence-electron chi connectivity index (χ1n) is 8.65. The highest BCUT2D eigenvalue weighted by atomic mass is 16.2. The van der Waals surface area contributed by atoms with Crippen LogP contribution in [0.1, 0.15) is 41.4 Å². The van der Waals surface area contributed by atoms with E-state index in [9.17, 15) is 9.59 Å². The number of likely N-dealkylation sites (tertiary alicyclic amines) is 1. The summed E-state index contributed by atoms with van der Waals surface area (Å²) < 4.78 is 3.22. The van der Waals surface area contributed by atoms with Crippen molar-refractivity contribution in [1.82, 2.24) is 29.2 Å². The second-order valence-corrected chi connectivity index (χ2v) is 6.49. The van der Waals surface area contributed by atoms with Crippen molar-refractivity contribution in [2.45, 2.75) is 25.3 Å². The highest BCUT2D eigenvalue weighted by molar-refractivity contribution is 5.94. The van der Waals surface area contributed by atoms with E-state index in [4.69, 9.17) is 0 Å². The van der Waals surface area contributed by atoms with Crippen LogP contribution in [-0.2, 0) is 7.05 Å². The Balaban J connectivity index is 1.60. The van der Waals surface area contributed by atoms with Gasteiger partial charge in [-0.3, -0.25) is 23.9 Å². The lowest BCUT2D eigenvalue weighted by Crippen LogP contribution is -2.38. The fourth-order valence-electron chi connectivity index (χ4n) is 3.41. The van der Waals surface area contributed by atoms with Crippen molar-refractivity contribution < 1.29 is 4.79 Å². The Morgan fingerprint density at radius 3 is 2.85 bits per heavy atom. The van der Waals surface area contributed by atoms with Crippen molar-refractivity contribution in [3.05, 3.63) is 64.7 Å². The number of nitrogens with zero attached hydrogens (tertiary/aromatic N) is 5. The summed E-state index contributed by atoms with van der Waals surface area (Å²) in [6.07, 6.45) is 9.57. The van der Waals surface area contributed by atoms with Gasteiger partial charge in [-0.15, -0.1) is 0 Å². The Labute approximate surface area is 150 Å². The number of aryl methyl sites for hydroxylation is 1. The van der Waals surface area contributed by atoms with Gasteiger partial charge in [0.25, 0.3) is 11.5 Å². The van der Waals surface area contributed by atoms with Gasteiger partial charge in [-0.05, 0) is 31.4 Å². The molecule has 1 N–H and O–H groups in total. The van der Waals surface area contributed by atoms with Crippen LogP contribution in [0.2, 0.25) is 0 Å². The van der Waals surface area contributed by atoms with Gasteiger partial charge in [-0.2, -0.15) is 0 Å². The standard InChI is InChI=1S/C18H20N6O2/c1-22-17(25)10-14(21-22)15-4-2-3-8-24(15)18(26)13-5-6-16(20-11-13)23-9-7-19-12-23/h5-7,9-12,15,21H,2-4,8H2,1H3. The van der Waals surface area contributed by atoms with E-state index in [0.717, 1.165) is 25.0 Å². The molecule has 8 nitrogen and oxygen atoms in total. The zero-order valence-corrected chi connectivity index (χ0v) is 14.5. The normalized spacial score (nSPS) is 17.4. The molecule has 26 heavy (non-hydrogen) atoms. The third kappa shape index (κ3) is 2.94. The number of aromatic nitrogens is 5. The lowest BCUT2D eigenvalue weighted by molar-refractivity contribution is 0.0605. The van der Waals surface area contributed by atoms with Crippen LogP contribution >= 0.6 is 0 Å². The third-order valence-electron chi connectivity index (χ3n) is 4.79. The largest absolute Gasteiger partial charge is 0.330 e. The number of piperidine rings is 1. The first-order chi connectivity index (χ1) is 12.6. The predicted octanol–water partition coefficient (Wildman–Crippen LogP) is 1.66. The molecule has 1 fully saturated rings. The molecule has 0 saturated carbocycles. The quantitative estimate of drug-likeness (QED) is 0.776. The van der Waals surface area contributed by atoms with Crippen LogP contribution in [0.3, 0.4) is 0 Å². The predicted molar refractivity (Wildman–Crippen MR) is 95.0 cm³/mol. The van der Waals surface area contributed by atoms with Crippen molar-refractivity contribution >= 4 is 5.91 Å². The van der Waals surface area contributed by atoms with Crippen molar-refractivity contribution in [2.24, 2.45) is 7.05 Å². The maximum Gasteiger partial charge on any atom is 0.266 e. The Morgan fingerprint density at radius 1 is 1.31 bits per heavy atom. The molecule has 3 aromatic heterocycles. The smallest absolute Gasteiger partial charge is 0.266 e. The second kappa shape index (κ2) is 6.62. The first kappa shape index (κ1) is 16.3. The molecule has 0 aliphatic carbocycles. The fourth-order valence-corrected chi connectivity index (χ4v) is 3.41. The summed E-state index contributed by atoms with van der Waals surface area (Å²) in [5.41, 5.74) is 1.23. The molecule has 1 unspecified atom stereocenters. The Bertz CT molecular complexity index is 954. The zero-order valence-electron chi connectivity index (χ0n) is 14.5. The molecule has 134 valence electrons. The summed E-state index contributed by atoms with van der Waals surface area (Å²) in [7, 11) is 1.68. The SMILES string of the molecule is Cn1[nH]c(C2CCCCN2C(=O)c2ccc(-n3ccnc3)nc2)cc1=O. The average molecular weight is 352 g/mol. The molecule has 0 bridgehead atoms. The number of carbonyl (C=O) groups excluding carboxylic acids is 1. The minimum absolute atomic E-state index is 0.0657. The van der Waals surface area contributed by atoms with Gasteiger partial charge in [-0.1, -0.05) is 0 Å². The van der Waals surface area contributed by atoms with Crippen molar-refractivity contribution in [3.63, 3.8) is 0 Å². The number of aromatic amines is 1. The van der Waals surface area contributed by atoms with E-state index in [1.807, 2.05) is 4.90 Å². The van der Waals surface area contributed by atoms with E-state index in [1.54, 1.807) is 54.7 Å². The number of rotatable bonds is 3. The van der Waals surface area contributed by atoms with E-state index in [-0.39, 0.29) is 17.5 Å². The van der Waals surface area contributed by atoms with Crippen molar-refractivity contribution in [2.75, 3.05) is 6.54 Å². The van der Waals surface area contributed by atoms with Crippen LogP contribution in [0, 0.1) is 0 Å². The van der Waals surface area contributed by atoms with E-state index < -0.39 is 0 Å². The number of H-pyrrole nitrogens is 1. The molecule has 1 saturated heterocycles. The van der Waals surface area contributed by atoms with Gasteiger partial charge < -0.3 is 4.90 Å². The summed E-state index contributed by atoms with van der Waals surface area (Å²) >= 11 is 0. The van der Waals surface area contributed by atoms with Gasteiger partial charge in [0, 0.05) is 38.2 Å². The Morgan fingerprint density at radius 2 is 2.19 bits per heavy atom. The fraction of sp³-hybridized carbons (Fsp3) is 0.333. The summed E-state index contributed by atoms with van der Waals surface area (Å²) in [6.45, 7) is 0.670. The van der Waals surface area contributed by atoms with E-state index >= 15 is 0 Å². The van der Waals surface area contributed by atoms with Gasteiger partial charge in [0.1, 0.15) is 12.1 Å². The molecule has 0 aromatic carbocycles. The van der Waals surface area contributed by atoms with Crippen LogP contribution < -0.4 is 5.56 Å². The molecule has 1 atom stereocenters. The van der Waals surface area contributed by atoms with Gasteiger partial charge in [0.05, 0.1) is 17.3 Å². The van der Waals surface area contributed by atoms with Gasteiger partial charge >= 0.3 is 0 Å². The molecular weight excluding hydrogens is 332 g/mol. The molecule has 1 aliphatic rings. The first-order valence-corrected chi connectivity index (χ1v) is 8.65. The molecule has 8 heteroatoms. The van der Waals surface area contributed by atoms with Gasteiger partial charge in [-0.25, -0.2) is 9.97 Å². The average Bonchev–Trinajstić information content (AvgIpc) is 3.32. The second-order valence-electron chi connectivity index (χ2n) is 6.49. The molecule has 1 amide bonds. The maximum absolute atomic E-state index is 13.0. The van der Waals surface area contributed by atoms with Crippen LogP contribution in [-0.4, -0.2) is 41.7 Å². The summed E-state index contributed by atoms with van der Waals surface area (Å²) in [4.78, 5) is 35.0. The summed E-state index contributed by atoms with van der Waals surface area (Å²) in [5.74, 6) is 0.644. The molecule has 4 heterocycles. The monoisotopic (exact) mass is 352 g/mol. The van der Waals surface area contributed by atoms with Crippen molar-refractivity contribution in [3.8, 4) is 5.82 Å². The number of imidazole rings is 1. The van der Waals surface area contributed by atoms with E-state index in [2.05, 4.69) is 15.1 Å². The molecular formula is C18H20N6O2. The Hall–Kier alpha value is -3.16. The number of hydrogen-bond donors (Lipinski definition) is 1. The highest BCUT2D eigenvalue weighted by Gasteiger charge is 2.30. The maximum atomic E-state index is 13.0. The lowest BCUT2D eigenvalue weighted by atomic mass is 9.98. The molecule has 0 spiro atoms. The van der Waals surface area contributed by atoms with Gasteiger partial charge in [0.2, 0.25) is 0 Å².